The minimum atomic E-state index is -3.74. The predicted octanol–water partition coefficient (Wildman–Crippen LogP) is 0.804. The fraction of sp³-hybridized carbons (Fsp3) is 0.500. The molecule has 2 rings (SSSR count). The maximum Gasteiger partial charge on any atom is 0.241 e. The first-order valence-electron chi connectivity index (χ1n) is 7.92. The van der Waals surface area contributed by atoms with Crippen LogP contribution in [0.1, 0.15) is 18.4 Å². The zero-order chi connectivity index (χ0) is 18.4. The average molecular weight is 366 g/mol. The third kappa shape index (κ3) is 5.16. The topological polar surface area (TPSA) is 112 Å². The lowest BCUT2D eigenvalue weighted by atomic mass is 10.2. The summed E-state index contributed by atoms with van der Waals surface area (Å²) in [6.07, 6.45) is 2.79. The van der Waals surface area contributed by atoms with Crippen LogP contribution < -0.4 is 10.0 Å². The molecular weight excluding hydrogens is 344 g/mol. The van der Waals surface area contributed by atoms with Crippen LogP contribution in [0.2, 0.25) is 0 Å². The molecule has 0 unspecified atom stereocenters. The van der Waals surface area contributed by atoms with E-state index in [1.807, 2.05) is 6.19 Å². The highest BCUT2D eigenvalue weighted by atomic mass is 32.2. The molecule has 1 heterocycles. The molecule has 0 bridgehead atoms. The van der Waals surface area contributed by atoms with Crippen molar-refractivity contribution < 1.29 is 17.9 Å². The van der Waals surface area contributed by atoms with Crippen molar-refractivity contribution in [1.82, 2.24) is 9.62 Å². The third-order valence-electron chi connectivity index (χ3n) is 3.95. The van der Waals surface area contributed by atoms with Gasteiger partial charge in [-0.3, -0.25) is 4.79 Å². The largest absolute Gasteiger partial charge is 0.384 e. The number of benzene rings is 1. The Balaban J connectivity index is 2.13. The normalized spacial score (nSPS) is 17.3. The molecule has 0 saturated carbocycles. The number of rotatable bonds is 7. The Morgan fingerprint density at radius 2 is 2.24 bits per heavy atom. The van der Waals surface area contributed by atoms with Crippen molar-refractivity contribution in [1.29, 1.82) is 5.26 Å². The SMILES string of the molecule is COCCC(=O)Nc1ccc(C)c(S(=O)(=O)N[C@@H]2CCN(C#N)C2)c1. The number of methoxy groups -OCH3 is 1. The van der Waals surface area contributed by atoms with E-state index in [4.69, 9.17) is 10.00 Å². The van der Waals surface area contributed by atoms with Gasteiger partial charge in [0.25, 0.3) is 0 Å². The van der Waals surface area contributed by atoms with Gasteiger partial charge in [0.2, 0.25) is 15.9 Å². The van der Waals surface area contributed by atoms with Gasteiger partial charge in [-0.15, -0.1) is 0 Å². The Kier molecular flexibility index (Phi) is 6.36. The molecule has 8 nitrogen and oxygen atoms in total. The van der Waals surface area contributed by atoms with Gasteiger partial charge < -0.3 is 15.0 Å². The van der Waals surface area contributed by atoms with Gasteiger partial charge in [0.1, 0.15) is 0 Å². The number of hydrogen-bond donors (Lipinski definition) is 2. The van der Waals surface area contributed by atoms with E-state index < -0.39 is 10.0 Å². The summed E-state index contributed by atoms with van der Waals surface area (Å²) in [5, 5.41) is 11.5. The van der Waals surface area contributed by atoms with Crippen LogP contribution in [0.3, 0.4) is 0 Å². The first-order chi connectivity index (χ1) is 11.9. The molecule has 0 spiro atoms. The first-order valence-corrected chi connectivity index (χ1v) is 9.40. The van der Waals surface area contributed by atoms with Crippen molar-refractivity contribution in [3.63, 3.8) is 0 Å². The summed E-state index contributed by atoms with van der Waals surface area (Å²) in [5.41, 5.74) is 0.995. The zero-order valence-electron chi connectivity index (χ0n) is 14.3. The number of sulfonamides is 1. The van der Waals surface area contributed by atoms with E-state index in [0.717, 1.165) is 0 Å². The molecule has 9 heteroatoms. The summed E-state index contributed by atoms with van der Waals surface area (Å²) >= 11 is 0. The van der Waals surface area contributed by atoms with E-state index in [1.165, 1.54) is 18.1 Å². The molecule has 1 atom stereocenters. The van der Waals surface area contributed by atoms with Gasteiger partial charge in [-0.25, -0.2) is 13.1 Å². The van der Waals surface area contributed by atoms with E-state index in [9.17, 15) is 13.2 Å². The molecule has 1 saturated heterocycles. The minimum Gasteiger partial charge on any atom is -0.384 e. The molecule has 2 N–H and O–H groups in total. The molecule has 1 aromatic carbocycles. The van der Waals surface area contributed by atoms with Crippen LogP contribution in [0.5, 0.6) is 0 Å². The number of aryl methyl sites for hydroxylation is 1. The number of anilines is 1. The molecular formula is C16H22N4O4S. The number of nitrogens with zero attached hydrogens (tertiary/aromatic N) is 2. The third-order valence-corrected chi connectivity index (χ3v) is 5.61. The molecule has 1 aliphatic heterocycles. The lowest BCUT2D eigenvalue weighted by Crippen LogP contribution is -2.36. The van der Waals surface area contributed by atoms with Crippen LogP contribution in [0.25, 0.3) is 0 Å². The van der Waals surface area contributed by atoms with Crippen LogP contribution in [-0.4, -0.2) is 52.1 Å². The summed E-state index contributed by atoms with van der Waals surface area (Å²) in [7, 11) is -2.24. The molecule has 0 radical (unpaired) electrons. The lowest BCUT2D eigenvalue weighted by Gasteiger charge is -2.15. The quantitative estimate of drug-likeness (QED) is 0.691. The number of ether oxygens (including phenoxy) is 1. The number of amides is 1. The Hall–Kier alpha value is -2.15. The minimum absolute atomic E-state index is 0.118. The Morgan fingerprint density at radius 3 is 2.88 bits per heavy atom. The van der Waals surface area contributed by atoms with Crippen LogP contribution in [0.15, 0.2) is 23.1 Å². The van der Waals surface area contributed by atoms with Crippen LogP contribution in [-0.2, 0) is 19.6 Å². The second-order valence-electron chi connectivity index (χ2n) is 5.92. The summed E-state index contributed by atoms with van der Waals surface area (Å²) in [5.74, 6) is -0.248. The summed E-state index contributed by atoms with van der Waals surface area (Å²) in [4.78, 5) is 13.4. The molecule has 136 valence electrons. The molecule has 0 aromatic heterocycles. The van der Waals surface area contributed by atoms with Gasteiger partial charge in [0.15, 0.2) is 6.19 Å². The highest BCUT2D eigenvalue weighted by Crippen LogP contribution is 2.21. The summed E-state index contributed by atoms with van der Waals surface area (Å²) in [6, 6.07) is 4.45. The highest BCUT2D eigenvalue weighted by Gasteiger charge is 2.27. The van der Waals surface area contributed by atoms with Gasteiger partial charge >= 0.3 is 0 Å². The van der Waals surface area contributed by atoms with E-state index in [0.29, 0.717) is 37.4 Å². The van der Waals surface area contributed by atoms with E-state index >= 15 is 0 Å². The molecule has 1 amide bonds. The number of nitriles is 1. The number of hydrogen-bond acceptors (Lipinski definition) is 6. The fourth-order valence-electron chi connectivity index (χ4n) is 2.62. The van der Waals surface area contributed by atoms with E-state index in [-0.39, 0.29) is 23.3 Å². The monoisotopic (exact) mass is 366 g/mol. The number of nitrogens with one attached hydrogen (secondary N) is 2. The van der Waals surface area contributed by atoms with Gasteiger partial charge in [0.05, 0.1) is 17.9 Å². The van der Waals surface area contributed by atoms with Crippen molar-refractivity contribution in [3.05, 3.63) is 23.8 Å². The Labute approximate surface area is 147 Å². The average Bonchev–Trinajstić information content (AvgIpc) is 3.01. The van der Waals surface area contributed by atoms with E-state index in [2.05, 4.69) is 10.0 Å². The first kappa shape index (κ1) is 19.2. The van der Waals surface area contributed by atoms with Crippen molar-refractivity contribution in [3.8, 4) is 6.19 Å². The Morgan fingerprint density at radius 1 is 1.48 bits per heavy atom. The second kappa shape index (κ2) is 8.29. The van der Waals surface area contributed by atoms with Gasteiger partial charge in [-0.2, -0.15) is 5.26 Å². The fourth-order valence-corrected chi connectivity index (χ4v) is 4.15. The van der Waals surface area contributed by atoms with Crippen molar-refractivity contribution in [2.24, 2.45) is 0 Å². The highest BCUT2D eigenvalue weighted by molar-refractivity contribution is 7.89. The summed E-state index contributed by atoms with van der Waals surface area (Å²) < 4.78 is 32.8. The lowest BCUT2D eigenvalue weighted by molar-refractivity contribution is -0.117. The smallest absolute Gasteiger partial charge is 0.241 e. The van der Waals surface area contributed by atoms with Crippen LogP contribution >= 0.6 is 0 Å². The van der Waals surface area contributed by atoms with Crippen LogP contribution in [0.4, 0.5) is 5.69 Å². The number of carbonyl (C=O) groups excluding carboxylic acids is 1. The van der Waals surface area contributed by atoms with Crippen molar-refractivity contribution >= 4 is 21.6 Å². The van der Waals surface area contributed by atoms with Gasteiger partial charge in [0, 0.05) is 31.9 Å². The molecule has 0 aliphatic carbocycles. The van der Waals surface area contributed by atoms with Gasteiger partial charge in [-0.05, 0) is 31.0 Å². The molecule has 1 aliphatic rings. The molecule has 1 aromatic rings. The van der Waals surface area contributed by atoms with Crippen molar-refractivity contribution in [2.75, 3.05) is 32.1 Å². The maximum absolute atomic E-state index is 12.7. The van der Waals surface area contributed by atoms with Crippen LogP contribution in [0, 0.1) is 18.4 Å². The number of carbonyl (C=O) groups is 1. The van der Waals surface area contributed by atoms with Crippen molar-refractivity contribution in [2.45, 2.75) is 30.7 Å². The van der Waals surface area contributed by atoms with Gasteiger partial charge in [-0.1, -0.05) is 6.07 Å². The standard InChI is InChI=1S/C16H22N4O4S/c1-12-3-4-13(18-16(21)6-8-24-2)9-15(12)25(22,23)19-14-5-7-20(10-14)11-17/h3-4,9,14,19H,5-8,10H2,1-2H3,(H,18,21)/t14-/m1/s1. The zero-order valence-corrected chi connectivity index (χ0v) is 15.1. The summed E-state index contributed by atoms with van der Waals surface area (Å²) in [6.45, 7) is 2.89. The Bertz CT molecular complexity index is 773. The predicted molar refractivity (Wildman–Crippen MR) is 92.2 cm³/mol. The van der Waals surface area contributed by atoms with E-state index in [1.54, 1.807) is 19.1 Å². The maximum atomic E-state index is 12.7. The number of likely N-dealkylation sites (tertiary alicyclic amines) is 1. The molecule has 1 fully saturated rings. The molecule has 25 heavy (non-hydrogen) atoms. The second-order valence-corrected chi connectivity index (χ2v) is 7.61.